The second-order valence-corrected chi connectivity index (χ2v) is 8.78. The smallest absolute Gasteiger partial charge is 0.756 e. The van der Waals surface area contributed by atoms with E-state index in [1.54, 1.807) is 14.2 Å². The molecular weight excluding hydrogens is 574 g/mol. The molecule has 0 N–H and O–H groups in total. The Morgan fingerprint density at radius 3 is 1.45 bits per heavy atom. The van der Waals surface area contributed by atoms with Gasteiger partial charge in [-0.15, -0.1) is 0 Å². The first-order valence-electron chi connectivity index (χ1n) is 12.1. The van der Waals surface area contributed by atoms with Crippen molar-refractivity contribution in [2.24, 2.45) is 0 Å². The summed E-state index contributed by atoms with van der Waals surface area (Å²) in [6, 6.07) is 0. The van der Waals surface area contributed by atoms with Crippen LogP contribution in [0, 0.1) is 0 Å². The van der Waals surface area contributed by atoms with Crippen LogP contribution in [-0.2, 0) is 70.6 Å². The molecule has 16 nitrogen and oxygen atoms in total. The fourth-order valence-corrected chi connectivity index (χ4v) is 2.72. The molecule has 0 aromatic rings. The molecule has 0 aliphatic carbocycles. The molecule has 2 unspecified atom stereocenters. The van der Waals surface area contributed by atoms with Crippen LogP contribution < -0.4 is 34.5 Å². The first-order chi connectivity index (χ1) is 18.8. The molecule has 18 heteroatoms. The van der Waals surface area contributed by atoms with Gasteiger partial charge in [0, 0.05) is 21.3 Å². The molecule has 0 bridgehead atoms. The van der Waals surface area contributed by atoms with Gasteiger partial charge in [-0.05, 0) is 0 Å². The molecule has 0 saturated carbocycles. The third-order valence-electron chi connectivity index (χ3n) is 4.16. The maximum atomic E-state index is 12.1. The normalized spacial score (nSPS) is 13.3. The number of rotatable bonds is 29. The fraction of sp³-hybridized carbons (Fsp3) is 0.909. The molecule has 0 fully saturated rings. The molecule has 232 valence electrons. The summed E-state index contributed by atoms with van der Waals surface area (Å²) < 4.78 is 71.3. The van der Waals surface area contributed by atoms with Crippen molar-refractivity contribution in [2.75, 3.05) is 127 Å². The number of phosphoric ester groups is 1. The number of hydrogen-bond acceptors (Lipinski definition) is 16. The molecule has 2 atom stereocenters. The van der Waals surface area contributed by atoms with Gasteiger partial charge in [-0.25, -0.2) is 9.59 Å². The van der Waals surface area contributed by atoms with Crippen LogP contribution in [0.5, 0.6) is 0 Å². The maximum absolute atomic E-state index is 12.1. The summed E-state index contributed by atoms with van der Waals surface area (Å²) >= 11 is 0. The minimum Gasteiger partial charge on any atom is -0.756 e. The van der Waals surface area contributed by atoms with Gasteiger partial charge in [0.1, 0.15) is 19.8 Å². The van der Waals surface area contributed by atoms with Crippen LogP contribution in [0.4, 0.5) is 0 Å². The van der Waals surface area contributed by atoms with Crippen molar-refractivity contribution in [3.8, 4) is 0 Å². The van der Waals surface area contributed by atoms with Crippen molar-refractivity contribution in [3.05, 3.63) is 0 Å². The van der Waals surface area contributed by atoms with E-state index in [4.69, 9.17) is 47.4 Å². The second kappa shape index (κ2) is 30.2. The molecule has 0 saturated heterocycles. The summed E-state index contributed by atoms with van der Waals surface area (Å²) in [7, 11) is -0.543. The molecule has 0 aliphatic heterocycles. The van der Waals surface area contributed by atoms with Gasteiger partial charge < -0.3 is 61.3 Å². The van der Waals surface area contributed by atoms with Crippen molar-refractivity contribution in [1.29, 1.82) is 0 Å². The predicted octanol–water partition coefficient (Wildman–Crippen LogP) is -4.03. The Bertz CT molecular complexity index is 644. The number of carbonyl (C=O) groups is 2. The van der Waals surface area contributed by atoms with Crippen molar-refractivity contribution in [3.63, 3.8) is 0 Å². The van der Waals surface area contributed by atoms with Gasteiger partial charge >= 0.3 is 41.5 Å². The number of phosphoric acid groups is 1. The van der Waals surface area contributed by atoms with Crippen molar-refractivity contribution >= 4 is 19.8 Å². The Kier molecular flexibility index (Phi) is 31.6. The van der Waals surface area contributed by atoms with E-state index in [1.807, 2.05) is 0 Å². The van der Waals surface area contributed by atoms with Gasteiger partial charge in [-0.3, -0.25) is 4.57 Å². The van der Waals surface area contributed by atoms with E-state index in [-0.39, 0.29) is 56.0 Å². The standard InChI is InChI=1S/C22H43O16P.Na/c1-27-4-6-30-8-10-32-12-14-34-18-21(23)36-16-20(17-37-39(25,26)29-3)38-22(24)19-35-15-13-33-11-9-31-7-5-28-2;/h20H,4-19H2,1-3H3,(H,25,26);/q;+1/p-1. The van der Waals surface area contributed by atoms with Crippen LogP contribution in [-0.4, -0.2) is 145 Å². The van der Waals surface area contributed by atoms with E-state index in [2.05, 4.69) is 9.05 Å². The molecule has 0 amide bonds. The van der Waals surface area contributed by atoms with E-state index in [9.17, 15) is 19.0 Å². The molecular formula is C22H42NaO16P. The van der Waals surface area contributed by atoms with Crippen LogP contribution >= 0.6 is 7.82 Å². The number of ether oxygens (including phenoxy) is 10. The Morgan fingerprint density at radius 2 is 1.02 bits per heavy atom. The summed E-state index contributed by atoms with van der Waals surface area (Å²) in [4.78, 5) is 35.4. The van der Waals surface area contributed by atoms with E-state index in [0.29, 0.717) is 52.9 Å². The summed E-state index contributed by atoms with van der Waals surface area (Å²) in [5.41, 5.74) is 0. The van der Waals surface area contributed by atoms with Gasteiger partial charge in [0.05, 0.1) is 85.9 Å². The topological polar surface area (TPSA) is 185 Å². The Balaban J connectivity index is 0. The van der Waals surface area contributed by atoms with Gasteiger partial charge in [0.2, 0.25) is 0 Å². The molecule has 0 rings (SSSR count). The van der Waals surface area contributed by atoms with Gasteiger partial charge in [-0.1, -0.05) is 0 Å². The van der Waals surface area contributed by atoms with Gasteiger partial charge in [-0.2, -0.15) is 0 Å². The van der Waals surface area contributed by atoms with Crippen LogP contribution in [0.3, 0.4) is 0 Å². The molecule has 0 aromatic heterocycles. The van der Waals surface area contributed by atoms with E-state index in [0.717, 1.165) is 7.11 Å². The third kappa shape index (κ3) is 29.2. The molecule has 40 heavy (non-hydrogen) atoms. The average molecular weight is 617 g/mol. The second-order valence-electron chi connectivity index (χ2n) is 7.26. The number of esters is 2. The quantitative estimate of drug-likeness (QED) is 0.0342. The minimum atomic E-state index is -4.60. The zero-order valence-electron chi connectivity index (χ0n) is 23.9. The van der Waals surface area contributed by atoms with Crippen LogP contribution in [0.2, 0.25) is 0 Å². The predicted molar refractivity (Wildman–Crippen MR) is 130 cm³/mol. The van der Waals surface area contributed by atoms with E-state index < -0.39 is 52.3 Å². The summed E-state index contributed by atoms with van der Waals surface area (Å²) in [6.07, 6.45) is -1.25. The molecule has 0 aliphatic rings. The summed E-state index contributed by atoms with van der Waals surface area (Å²) in [6.45, 7) is 2.12. The maximum Gasteiger partial charge on any atom is 1.00 e. The number of methoxy groups -OCH3 is 2. The third-order valence-corrected chi connectivity index (χ3v) is 5.07. The summed E-state index contributed by atoms with van der Waals surface area (Å²) in [5.74, 6) is -1.60. The van der Waals surface area contributed by atoms with Crippen LogP contribution in [0.1, 0.15) is 0 Å². The monoisotopic (exact) mass is 616 g/mol. The van der Waals surface area contributed by atoms with Crippen molar-refractivity contribution in [2.45, 2.75) is 6.10 Å². The first kappa shape index (κ1) is 41.9. The Hall–Kier alpha value is -0.270. The van der Waals surface area contributed by atoms with Crippen LogP contribution in [0.25, 0.3) is 0 Å². The molecule has 0 radical (unpaired) electrons. The van der Waals surface area contributed by atoms with Gasteiger partial charge in [0.25, 0.3) is 7.82 Å². The first-order valence-corrected chi connectivity index (χ1v) is 13.6. The number of hydrogen-bond donors (Lipinski definition) is 0. The zero-order chi connectivity index (χ0) is 29.0. The molecule has 0 aromatic carbocycles. The largest absolute Gasteiger partial charge is 1.00 e. The fourth-order valence-electron chi connectivity index (χ4n) is 2.27. The van der Waals surface area contributed by atoms with E-state index in [1.165, 1.54) is 0 Å². The Labute approximate surface area is 257 Å². The molecule has 0 heterocycles. The summed E-state index contributed by atoms with van der Waals surface area (Å²) in [5, 5.41) is 0. The van der Waals surface area contributed by atoms with Crippen molar-refractivity contribution < 1.29 is 105 Å². The molecule has 0 spiro atoms. The van der Waals surface area contributed by atoms with Gasteiger partial charge in [0.15, 0.2) is 6.10 Å². The Morgan fingerprint density at radius 1 is 0.625 bits per heavy atom. The van der Waals surface area contributed by atoms with Crippen LogP contribution in [0.15, 0.2) is 0 Å². The van der Waals surface area contributed by atoms with Crippen molar-refractivity contribution in [1.82, 2.24) is 0 Å². The SMILES string of the molecule is COCCOCCOCCOCC(=O)OCC(COP(=O)([O-])OC)OC(=O)COCCOCCOCCOC.[Na+]. The van der Waals surface area contributed by atoms with E-state index >= 15 is 0 Å². The zero-order valence-corrected chi connectivity index (χ0v) is 26.8. The number of carbonyl (C=O) groups excluding carboxylic acids is 2. The minimum absolute atomic E-state index is 0. The average Bonchev–Trinajstić information content (AvgIpc) is 2.92.